The first-order valence-electron chi connectivity index (χ1n) is 5.76. The van der Waals surface area contributed by atoms with Crippen LogP contribution in [0.2, 0.25) is 0 Å². The molecule has 0 aromatic rings. The van der Waals surface area contributed by atoms with E-state index in [2.05, 4.69) is 0 Å². The minimum absolute atomic E-state index is 0.0918. The lowest BCUT2D eigenvalue weighted by Gasteiger charge is -2.37. The van der Waals surface area contributed by atoms with E-state index >= 15 is 0 Å². The first kappa shape index (κ1) is 17.5. The van der Waals surface area contributed by atoms with Gasteiger partial charge in [-0.25, -0.2) is 9.59 Å². The number of carbonyl (C=O) groups is 2. The maximum Gasteiger partial charge on any atom is 0.390 e. The molecule has 0 bridgehead atoms. The lowest BCUT2D eigenvalue weighted by Crippen LogP contribution is -2.56. The number of hydrogen-bond acceptors (Lipinski definition) is 2. The number of urea groups is 1. The lowest BCUT2D eigenvalue weighted by molar-refractivity contribution is -0.148. The average molecular weight is 284 g/mol. The van der Waals surface area contributed by atoms with Gasteiger partial charge >= 0.3 is 18.2 Å². The van der Waals surface area contributed by atoms with Crippen LogP contribution in [0.25, 0.3) is 0 Å². The fourth-order valence-corrected chi connectivity index (χ4v) is 1.48. The second kappa shape index (κ2) is 6.12. The highest BCUT2D eigenvalue weighted by Crippen LogP contribution is 2.21. The van der Waals surface area contributed by atoms with Gasteiger partial charge in [0.25, 0.3) is 0 Å². The molecule has 1 N–H and O–H groups in total. The first-order valence-corrected chi connectivity index (χ1v) is 5.76. The number of halogens is 3. The third-order valence-corrected chi connectivity index (χ3v) is 2.80. The number of carbonyl (C=O) groups excluding carboxylic acids is 1. The molecule has 0 unspecified atom stereocenters. The van der Waals surface area contributed by atoms with E-state index in [0.717, 1.165) is 9.80 Å². The number of hydrogen-bond donors (Lipinski definition) is 1. The van der Waals surface area contributed by atoms with Crippen LogP contribution in [-0.2, 0) is 4.79 Å². The summed E-state index contributed by atoms with van der Waals surface area (Å²) in [4.78, 5) is 24.9. The molecule has 19 heavy (non-hydrogen) atoms. The number of carboxylic acids is 1. The van der Waals surface area contributed by atoms with E-state index < -0.39 is 36.7 Å². The minimum Gasteiger partial charge on any atom is -0.480 e. The third kappa shape index (κ3) is 4.96. The fraction of sp³-hybridized carbons (Fsp3) is 0.818. The molecule has 5 nitrogen and oxygen atoms in total. The number of rotatable bonds is 5. The topological polar surface area (TPSA) is 60.9 Å². The SMILES string of the molecule is CCN(C(=O)N(C)CCC(F)(F)F)C(C)(C)C(=O)O. The zero-order valence-electron chi connectivity index (χ0n) is 11.4. The Hall–Kier alpha value is -1.47. The van der Waals surface area contributed by atoms with Gasteiger partial charge in [-0.05, 0) is 20.8 Å². The summed E-state index contributed by atoms with van der Waals surface area (Å²) in [5, 5.41) is 9.04. The average Bonchev–Trinajstić information content (AvgIpc) is 2.24. The van der Waals surface area contributed by atoms with Crippen molar-refractivity contribution in [2.24, 2.45) is 0 Å². The summed E-state index contributed by atoms with van der Waals surface area (Å²) in [5.74, 6) is -1.22. The monoisotopic (exact) mass is 284 g/mol. The molecule has 112 valence electrons. The van der Waals surface area contributed by atoms with Gasteiger partial charge in [0, 0.05) is 20.1 Å². The largest absolute Gasteiger partial charge is 0.480 e. The Morgan fingerprint density at radius 3 is 2.00 bits per heavy atom. The van der Waals surface area contributed by atoms with Gasteiger partial charge in [0.2, 0.25) is 0 Å². The van der Waals surface area contributed by atoms with Crippen molar-refractivity contribution in [2.75, 3.05) is 20.1 Å². The Morgan fingerprint density at radius 2 is 1.68 bits per heavy atom. The van der Waals surface area contributed by atoms with Gasteiger partial charge in [-0.1, -0.05) is 0 Å². The van der Waals surface area contributed by atoms with Crippen LogP contribution in [0.4, 0.5) is 18.0 Å². The molecule has 0 heterocycles. The zero-order valence-corrected chi connectivity index (χ0v) is 11.4. The molecule has 2 amide bonds. The number of carboxylic acid groups (broad SMARTS) is 1. The smallest absolute Gasteiger partial charge is 0.390 e. The van der Waals surface area contributed by atoms with Gasteiger partial charge in [-0.3, -0.25) is 0 Å². The van der Waals surface area contributed by atoms with Crippen LogP contribution in [0, 0.1) is 0 Å². The second-order valence-electron chi connectivity index (χ2n) is 4.68. The Balaban J connectivity index is 4.81. The van der Waals surface area contributed by atoms with Crippen LogP contribution in [0.5, 0.6) is 0 Å². The van der Waals surface area contributed by atoms with E-state index in [1.54, 1.807) is 6.92 Å². The third-order valence-electron chi connectivity index (χ3n) is 2.80. The highest BCUT2D eigenvalue weighted by molar-refractivity contribution is 5.85. The molecule has 0 rings (SSSR count). The number of aliphatic carboxylic acids is 1. The van der Waals surface area contributed by atoms with E-state index in [-0.39, 0.29) is 6.54 Å². The van der Waals surface area contributed by atoms with Gasteiger partial charge in [-0.2, -0.15) is 13.2 Å². The normalized spacial score (nSPS) is 12.2. The van der Waals surface area contributed by atoms with Gasteiger partial charge in [0.1, 0.15) is 5.54 Å². The van der Waals surface area contributed by atoms with Crippen LogP contribution >= 0.6 is 0 Å². The molecule has 0 saturated carbocycles. The summed E-state index contributed by atoms with van der Waals surface area (Å²) in [6.07, 6.45) is -5.48. The first-order chi connectivity index (χ1) is 8.43. The van der Waals surface area contributed by atoms with E-state index in [1.165, 1.54) is 20.9 Å². The van der Waals surface area contributed by atoms with E-state index in [4.69, 9.17) is 5.11 Å². The molecule has 0 fully saturated rings. The van der Waals surface area contributed by atoms with Crippen LogP contribution in [0.3, 0.4) is 0 Å². The second-order valence-corrected chi connectivity index (χ2v) is 4.68. The molecular formula is C11H19F3N2O3. The van der Waals surface area contributed by atoms with Crippen molar-refractivity contribution in [2.45, 2.75) is 38.9 Å². The molecule has 0 aliphatic rings. The van der Waals surface area contributed by atoms with Crippen LogP contribution in [0.15, 0.2) is 0 Å². The fourth-order valence-electron chi connectivity index (χ4n) is 1.48. The molecule has 0 aliphatic carbocycles. The molecule has 0 saturated heterocycles. The van der Waals surface area contributed by atoms with Crippen molar-refractivity contribution in [1.29, 1.82) is 0 Å². The van der Waals surface area contributed by atoms with Crippen molar-refractivity contribution < 1.29 is 27.9 Å². The quantitative estimate of drug-likeness (QED) is 0.841. The number of nitrogens with zero attached hydrogens (tertiary/aromatic N) is 2. The van der Waals surface area contributed by atoms with Gasteiger partial charge in [0.15, 0.2) is 0 Å². The summed E-state index contributed by atoms with van der Waals surface area (Å²) in [6, 6.07) is -0.737. The Morgan fingerprint density at radius 1 is 1.21 bits per heavy atom. The number of alkyl halides is 3. The lowest BCUT2D eigenvalue weighted by atomic mass is 10.0. The predicted octanol–water partition coefficient (Wildman–Crippen LogP) is 2.18. The summed E-state index contributed by atoms with van der Waals surface area (Å²) < 4.78 is 36.2. The maximum atomic E-state index is 12.1. The van der Waals surface area contributed by atoms with E-state index in [9.17, 15) is 22.8 Å². The maximum absolute atomic E-state index is 12.1. The summed E-state index contributed by atoms with van der Waals surface area (Å²) >= 11 is 0. The van der Waals surface area contributed by atoms with Crippen LogP contribution in [0.1, 0.15) is 27.2 Å². The number of amides is 2. The molecule has 8 heteroatoms. The Bertz CT molecular complexity index is 343. The molecule has 0 spiro atoms. The summed E-state index contributed by atoms with van der Waals surface area (Å²) in [5.41, 5.74) is -1.47. The van der Waals surface area contributed by atoms with Crippen molar-refractivity contribution in [3.8, 4) is 0 Å². The predicted molar refractivity (Wildman–Crippen MR) is 62.8 cm³/mol. The summed E-state index contributed by atoms with van der Waals surface area (Å²) in [6.45, 7) is 3.81. The Labute approximate surface area is 110 Å². The van der Waals surface area contributed by atoms with E-state index in [0.29, 0.717) is 0 Å². The van der Waals surface area contributed by atoms with Crippen LogP contribution in [-0.4, -0.2) is 58.8 Å². The van der Waals surface area contributed by atoms with Crippen molar-refractivity contribution in [3.63, 3.8) is 0 Å². The van der Waals surface area contributed by atoms with E-state index in [1.807, 2.05) is 0 Å². The minimum atomic E-state index is -4.35. The molecule has 0 atom stereocenters. The standard InChI is InChI=1S/C11H19F3N2O3/c1-5-16(10(2,3)8(17)18)9(19)15(4)7-6-11(12,13)14/h5-7H2,1-4H3,(H,17,18). The molecule has 0 aliphatic heterocycles. The zero-order chi connectivity index (χ0) is 15.4. The van der Waals surface area contributed by atoms with Gasteiger partial charge < -0.3 is 14.9 Å². The molecule has 0 aromatic heterocycles. The molecule has 0 radical (unpaired) electrons. The molecule has 0 aromatic carbocycles. The highest BCUT2D eigenvalue weighted by Gasteiger charge is 2.38. The van der Waals surface area contributed by atoms with Crippen molar-refractivity contribution >= 4 is 12.0 Å². The molecular weight excluding hydrogens is 265 g/mol. The number of likely N-dealkylation sites (N-methyl/N-ethyl adjacent to an activating group) is 1. The summed E-state index contributed by atoms with van der Waals surface area (Å²) in [7, 11) is 1.22. The van der Waals surface area contributed by atoms with Crippen molar-refractivity contribution in [3.05, 3.63) is 0 Å². The van der Waals surface area contributed by atoms with Crippen LogP contribution < -0.4 is 0 Å². The Kier molecular flexibility index (Phi) is 5.64. The highest BCUT2D eigenvalue weighted by atomic mass is 19.4. The van der Waals surface area contributed by atoms with Gasteiger partial charge in [-0.15, -0.1) is 0 Å². The van der Waals surface area contributed by atoms with Gasteiger partial charge in [0.05, 0.1) is 6.42 Å². The van der Waals surface area contributed by atoms with Crippen molar-refractivity contribution in [1.82, 2.24) is 9.80 Å².